The fourth-order valence-corrected chi connectivity index (χ4v) is 3.97. The lowest BCUT2D eigenvalue weighted by Crippen LogP contribution is -2.36. The first-order valence-corrected chi connectivity index (χ1v) is 8.67. The molecule has 1 N–H and O–H groups in total. The van der Waals surface area contributed by atoms with Gasteiger partial charge in [-0.2, -0.15) is 0 Å². The molecule has 4 rings (SSSR count). The molecule has 2 aromatic carbocycles. The lowest BCUT2D eigenvalue weighted by atomic mass is 9.77. The molecule has 0 amide bonds. The standard InChI is InChI=1S/C20H22FNO2/c1-2-23-18-8-4-3-6-14(18)19-15-7-5-11-24-20(15)16-12-13(21)9-10-17(16)22-19/h3-4,6,8-10,12,15,19-20,22H,2,5,7,11H2,1H3/t15-,19-,20+/m0/s1. The first-order valence-electron chi connectivity index (χ1n) is 8.67. The minimum atomic E-state index is -0.211. The summed E-state index contributed by atoms with van der Waals surface area (Å²) in [6, 6.07) is 13.2. The summed E-state index contributed by atoms with van der Waals surface area (Å²) in [6.07, 6.45) is 2.02. The van der Waals surface area contributed by atoms with Gasteiger partial charge in [-0.3, -0.25) is 0 Å². The molecule has 0 bridgehead atoms. The second-order valence-corrected chi connectivity index (χ2v) is 6.42. The van der Waals surface area contributed by atoms with Crippen molar-refractivity contribution in [2.75, 3.05) is 18.5 Å². The zero-order valence-corrected chi connectivity index (χ0v) is 13.8. The van der Waals surface area contributed by atoms with Gasteiger partial charge >= 0.3 is 0 Å². The maximum absolute atomic E-state index is 13.7. The SMILES string of the molecule is CCOc1ccccc1[C@@H]1Nc2ccc(F)cc2[C@@H]2OCCC[C@@H]12. The Labute approximate surface area is 141 Å². The molecule has 3 nitrogen and oxygen atoms in total. The van der Waals surface area contributed by atoms with Crippen LogP contribution in [0.4, 0.5) is 10.1 Å². The monoisotopic (exact) mass is 327 g/mol. The van der Waals surface area contributed by atoms with Gasteiger partial charge in [0.15, 0.2) is 0 Å². The van der Waals surface area contributed by atoms with Crippen molar-refractivity contribution in [3.8, 4) is 5.75 Å². The van der Waals surface area contributed by atoms with Crippen LogP contribution in [0.1, 0.15) is 43.0 Å². The first kappa shape index (κ1) is 15.5. The van der Waals surface area contributed by atoms with E-state index >= 15 is 0 Å². The van der Waals surface area contributed by atoms with E-state index in [0.717, 1.165) is 42.0 Å². The van der Waals surface area contributed by atoms with Gasteiger partial charge in [-0.05, 0) is 44.0 Å². The molecule has 1 saturated heterocycles. The van der Waals surface area contributed by atoms with Gasteiger partial charge in [0.05, 0.1) is 18.8 Å². The van der Waals surface area contributed by atoms with Crippen LogP contribution in [0.3, 0.4) is 0 Å². The fourth-order valence-electron chi connectivity index (χ4n) is 3.97. The fraction of sp³-hybridized carbons (Fsp3) is 0.400. The molecule has 0 saturated carbocycles. The number of halogens is 1. The maximum Gasteiger partial charge on any atom is 0.124 e. The van der Waals surface area contributed by atoms with Crippen molar-refractivity contribution < 1.29 is 13.9 Å². The van der Waals surface area contributed by atoms with Crippen molar-refractivity contribution in [2.45, 2.75) is 31.9 Å². The highest BCUT2D eigenvalue weighted by atomic mass is 19.1. The number of anilines is 1. The Morgan fingerprint density at radius 2 is 2.08 bits per heavy atom. The second kappa shape index (κ2) is 6.44. The summed E-state index contributed by atoms with van der Waals surface area (Å²) in [7, 11) is 0. The Balaban J connectivity index is 1.78. The highest BCUT2D eigenvalue weighted by molar-refractivity contribution is 5.58. The number of hydrogen-bond acceptors (Lipinski definition) is 3. The summed E-state index contributed by atoms with van der Waals surface area (Å²) in [4.78, 5) is 0. The first-order chi connectivity index (χ1) is 11.8. The lowest BCUT2D eigenvalue weighted by Gasteiger charge is -2.43. The quantitative estimate of drug-likeness (QED) is 0.873. The highest BCUT2D eigenvalue weighted by Gasteiger charge is 2.40. The third kappa shape index (κ3) is 2.65. The molecule has 0 aliphatic carbocycles. The van der Waals surface area contributed by atoms with Crippen LogP contribution in [0, 0.1) is 11.7 Å². The van der Waals surface area contributed by atoms with Crippen LogP contribution < -0.4 is 10.1 Å². The van der Waals surface area contributed by atoms with E-state index in [-0.39, 0.29) is 23.9 Å². The number of fused-ring (bicyclic) bond motifs is 3. The second-order valence-electron chi connectivity index (χ2n) is 6.42. The zero-order valence-electron chi connectivity index (χ0n) is 13.8. The molecule has 24 heavy (non-hydrogen) atoms. The molecule has 0 aromatic heterocycles. The van der Waals surface area contributed by atoms with Gasteiger partial charge in [0, 0.05) is 29.3 Å². The number of para-hydroxylation sites is 1. The maximum atomic E-state index is 13.7. The molecule has 3 atom stereocenters. The van der Waals surface area contributed by atoms with E-state index < -0.39 is 0 Å². The Bertz CT molecular complexity index is 733. The zero-order chi connectivity index (χ0) is 16.5. The van der Waals surface area contributed by atoms with Gasteiger partial charge in [-0.1, -0.05) is 18.2 Å². The molecule has 126 valence electrons. The summed E-state index contributed by atoms with van der Waals surface area (Å²) in [5.41, 5.74) is 3.04. The smallest absolute Gasteiger partial charge is 0.124 e. The van der Waals surface area contributed by atoms with E-state index in [1.807, 2.05) is 31.2 Å². The highest BCUT2D eigenvalue weighted by Crippen LogP contribution is 2.50. The van der Waals surface area contributed by atoms with E-state index in [1.54, 1.807) is 6.07 Å². The number of hydrogen-bond donors (Lipinski definition) is 1. The predicted molar refractivity (Wildman–Crippen MR) is 91.8 cm³/mol. The van der Waals surface area contributed by atoms with Gasteiger partial charge in [-0.15, -0.1) is 0 Å². The van der Waals surface area contributed by atoms with Crippen LogP contribution in [-0.4, -0.2) is 13.2 Å². The van der Waals surface area contributed by atoms with E-state index in [1.165, 1.54) is 6.07 Å². The van der Waals surface area contributed by atoms with Gasteiger partial charge in [0.1, 0.15) is 11.6 Å². The molecular weight excluding hydrogens is 305 g/mol. The minimum absolute atomic E-state index is 0.0645. The molecule has 2 aromatic rings. The third-order valence-electron chi connectivity index (χ3n) is 4.98. The summed E-state index contributed by atoms with van der Waals surface area (Å²) >= 11 is 0. The van der Waals surface area contributed by atoms with Crippen molar-refractivity contribution in [1.82, 2.24) is 0 Å². The van der Waals surface area contributed by atoms with Gasteiger partial charge in [0.2, 0.25) is 0 Å². The molecule has 2 aliphatic heterocycles. The molecule has 0 radical (unpaired) electrons. The van der Waals surface area contributed by atoms with Crippen LogP contribution in [-0.2, 0) is 4.74 Å². The normalized spacial score (nSPS) is 25.3. The molecule has 0 unspecified atom stereocenters. The average Bonchev–Trinajstić information content (AvgIpc) is 2.62. The number of rotatable bonds is 3. The van der Waals surface area contributed by atoms with E-state index in [2.05, 4.69) is 11.4 Å². The largest absolute Gasteiger partial charge is 0.494 e. The number of ether oxygens (including phenoxy) is 2. The molecule has 4 heteroatoms. The van der Waals surface area contributed by atoms with Crippen LogP contribution in [0.15, 0.2) is 42.5 Å². The van der Waals surface area contributed by atoms with Crippen LogP contribution in [0.5, 0.6) is 5.75 Å². The lowest BCUT2D eigenvalue weighted by molar-refractivity contribution is -0.0384. The van der Waals surface area contributed by atoms with Gasteiger partial charge in [0.25, 0.3) is 0 Å². The summed E-state index contributed by atoms with van der Waals surface area (Å²) in [5, 5.41) is 3.61. The van der Waals surface area contributed by atoms with Gasteiger partial charge < -0.3 is 14.8 Å². The van der Waals surface area contributed by atoms with Crippen molar-refractivity contribution in [3.05, 3.63) is 59.4 Å². The van der Waals surface area contributed by atoms with Crippen molar-refractivity contribution in [1.29, 1.82) is 0 Å². The molecule has 2 aliphatic rings. The van der Waals surface area contributed by atoms with E-state index in [9.17, 15) is 4.39 Å². The van der Waals surface area contributed by atoms with Crippen molar-refractivity contribution >= 4 is 5.69 Å². The summed E-state index contributed by atoms with van der Waals surface area (Å²) in [5.74, 6) is 0.971. The van der Waals surface area contributed by atoms with Crippen LogP contribution in [0.2, 0.25) is 0 Å². The summed E-state index contributed by atoms with van der Waals surface area (Å²) < 4.78 is 25.6. The Kier molecular flexibility index (Phi) is 4.15. The van der Waals surface area contributed by atoms with E-state index in [4.69, 9.17) is 9.47 Å². The predicted octanol–water partition coefficient (Wildman–Crippen LogP) is 4.86. The topological polar surface area (TPSA) is 30.5 Å². The molecular formula is C20H22FNO2. The third-order valence-corrected chi connectivity index (χ3v) is 4.98. The van der Waals surface area contributed by atoms with Gasteiger partial charge in [-0.25, -0.2) is 4.39 Å². The van der Waals surface area contributed by atoms with Crippen LogP contribution >= 0.6 is 0 Å². The molecule has 0 spiro atoms. The summed E-state index contributed by atoms with van der Waals surface area (Å²) in [6.45, 7) is 3.36. The average molecular weight is 327 g/mol. The Morgan fingerprint density at radius 1 is 1.21 bits per heavy atom. The van der Waals surface area contributed by atoms with Crippen molar-refractivity contribution in [3.63, 3.8) is 0 Å². The number of benzene rings is 2. The molecule has 1 fully saturated rings. The van der Waals surface area contributed by atoms with E-state index in [0.29, 0.717) is 6.61 Å². The Morgan fingerprint density at radius 3 is 2.96 bits per heavy atom. The minimum Gasteiger partial charge on any atom is -0.494 e. The Hall–Kier alpha value is -2.07. The van der Waals surface area contributed by atoms with Crippen LogP contribution in [0.25, 0.3) is 0 Å². The number of nitrogens with one attached hydrogen (secondary N) is 1. The van der Waals surface area contributed by atoms with Crippen molar-refractivity contribution in [2.24, 2.45) is 5.92 Å². The molecule has 2 heterocycles.